The number of likely N-dealkylation sites (tertiary alicyclic amines) is 1. The Bertz CT molecular complexity index is 726. The van der Waals surface area contributed by atoms with Crippen LogP contribution >= 0.6 is 24.0 Å². The molecule has 0 spiro atoms. The lowest BCUT2D eigenvalue weighted by molar-refractivity contribution is -0.385. The highest BCUT2D eigenvalue weighted by molar-refractivity contribution is 14.0. The van der Waals surface area contributed by atoms with Crippen molar-refractivity contribution in [2.75, 3.05) is 27.2 Å². The van der Waals surface area contributed by atoms with E-state index in [0.29, 0.717) is 30.6 Å². The standard InChI is InChI=1S/C18H24N4O4.HI/c1-19-18(21-9-12-13(10-21)16-6-5-15(12)26-16)20-8-11-3-4-17(25-2)14(7-11)22(23)24;/h3-4,7,12-13,15-16H,5-6,8-10H2,1-2H3,(H,19,20);1H. The summed E-state index contributed by atoms with van der Waals surface area (Å²) in [4.78, 5) is 17.5. The van der Waals surface area contributed by atoms with Crippen LogP contribution < -0.4 is 10.1 Å². The van der Waals surface area contributed by atoms with E-state index in [1.807, 2.05) is 6.07 Å². The number of fused-ring (bicyclic) bond motifs is 5. The summed E-state index contributed by atoms with van der Waals surface area (Å²) < 4.78 is 11.1. The highest BCUT2D eigenvalue weighted by Crippen LogP contribution is 2.47. The Morgan fingerprint density at radius 3 is 2.59 bits per heavy atom. The van der Waals surface area contributed by atoms with E-state index < -0.39 is 4.92 Å². The number of nitro benzene ring substituents is 1. The molecule has 2 bridgehead atoms. The van der Waals surface area contributed by atoms with Crippen molar-refractivity contribution in [1.29, 1.82) is 0 Å². The SMILES string of the molecule is CN=C(NCc1ccc(OC)c([N+](=O)[O-])c1)N1CC2C3CCC(O3)C2C1.I. The smallest absolute Gasteiger partial charge is 0.311 e. The fourth-order valence-electron chi connectivity index (χ4n) is 4.63. The minimum absolute atomic E-state index is 0. The van der Waals surface area contributed by atoms with Crippen LogP contribution in [-0.2, 0) is 11.3 Å². The van der Waals surface area contributed by atoms with Crippen LogP contribution in [0.1, 0.15) is 18.4 Å². The molecule has 0 saturated carbocycles. The van der Waals surface area contributed by atoms with Gasteiger partial charge >= 0.3 is 5.69 Å². The Morgan fingerprint density at radius 1 is 1.37 bits per heavy atom. The molecule has 4 rings (SSSR count). The largest absolute Gasteiger partial charge is 0.490 e. The van der Waals surface area contributed by atoms with E-state index in [0.717, 1.165) is 24.6 Å². The molecule has 3 aliphatic heterocycles. The maximum atomic E-state index is 11.2. The van der Waals surface area contributed by atoms with E-state index in [2.05, 4.69) is 15.2 Å². The van der Waals surface area contributed by atoms with Crippen molar-refractivity contribution in [2.24, 2.45) is 16.8 Å². The number of ether oxygens (including phenoxy) is 2. The number of halogens is 1. The summed E-state index contributed by atoms with van der Waals surface area (Å²) in [7, 11) is 3.21. The van der Waals surface area contributed by atoms with Gasteiger partial charge in [-0.05, 0) is 24.5 Å². The first-order valence-corrected chi connectivity index (χ1v) is 9.03. The van der Waals surface area contributed by atoms with Crippen molar-refractivity contribution in [2.45, 2.75) is 31.6 Å². The number of rotatable bonds is 4. The molecule has 0 aromatic heterocycles. The molecule has 3 saturated heterocycles. The molecule has 27 heavy (non-hydrogen) atoms. The van der Waals surface area contributed by atoms with Gasteiger partial charge < -0.3 is 19.7 Å². The molecule has 1 aromatic carbocycles. The fraction of sp³-hybridized carbons (Fsp3) is 0.611. The number of aliphatic imine (C=N–C) groups is 1. The lowest BCUT2D eigenvalue weighted by Gasteiger charge is -2.23. The van der Waals surface area contributed by atoms with Gasteiger partial charge in [0.1, 0.15) is 0 Å². The van der Waals surface area contributed by atoms with Crippen LogP contribution in [0, 0.1) is 22.0 Å². The molecule has 3 fully saturated rings. The second kappa shape index (κ2) is 8.17. The molecule has 8 nitrogen and oxygen atoms in total. The number of nitrogens with one attached hydrogen (secondary N) is 1. The Balaban J connectivity index is 0.00000210. The summed E-state index contributed by atoms with van der Waals surface area (Å²) in [6, 6.07) is 5.01. The number of benzene rings is 1. The van der Waals surface area contributed by atoms with E-state index in [4.69, 9.17) is 9.47 Å². The Morgan fingerprint density at radius 2 is 2.04 bits per heavy atom. The molecular weight excluding hydrogens is 463 g/mol. The molecular formula is C18H25IN4O4. The molecule has 3 heterocycles. The first-order valence-electron chi connectivity index (χ1n) is 9.03. The molecule has 0 aliphatic carbocycles. The van der Waals surface area contributed by atoms with Gasteiger partial charge in [0.05, 0.1) is 24.2 Å². The predicted octanol–water partition coefficient (Wildman–Crippen LogP) is 2.41. The number of hydrogen-bond donors (Lipinski definition) is 1. The third-order valence-electron chi connectivity index (χ3n) is 5.85. The summed E-state index contributed by atoms with van der Waals surface area (Å²) in [5.41, 5.74) is 0.799. The quantitative estimate of drug-likeness (QED) is 0.230. The molecule has 1 N–H and O–H groups in total. The second-order valence-electron chi connectivity index (χ2n) is 7.19. The van der Waals surface area contributed by atoms with E-state index >= 15 is 0 Å². The number of hydrogen-bond acceptors (Lipinski definition) is 5. The first-order chi connectivity index (χ1) is 12.6. The van der Waals surface area contributed by atoms with Crippen molar-refractivity contribution in [3.63, 3.8) is 0 Å². The third kappa shape index (κ3) is 3.71. The van der Waals surface area contributed by atoms with Crippen LogP contribution in [0.5, 0.6) is 5.75 Å². The average Bonchev–Trinajstić information content (AvgIpc) is 3.35. The van der Waals surface area contributed by atoms with Gasteiger partial charge in [0.15, 0.2) is 11.7 Å². The van der Waals surface area contributed by atoms with Gasteiger partial charge in [-0.1, -0.05) is 6.07 Å². The van der Waals surface area contributed by atoms with Crippen molar-refractivity contribution in [3.05, 3.63) is 33.9 Å². The van der Waals surface area contributed by atoms with Gasteiger partial charge in [-0.15, -0.1) is 24.0 Å². The third-order valence-corrected chi connectivity index (χ3v) is 5.85. The first kappa shape index (κ1) is 20.1. The van der Waals surface area contributed by atoms with Gasteiger partial charge in [0, 0.05) is 44.6 Å². The average molecular weight is 488 g/mol. The van der Waals surface area contributed by atoms with E-state index in [-0.39, 0.29) is 35.4 Å². The van der Waals surface area contributed by atoms with Crippen LogP contribution in [0.4, 0.5) is 5.69 Å². The zero-order chi connectivity index (χ0) is 18.3. The zero-order valence-corrected chi connectivity index (χ0v) is 17.8. The van der Waals surface area contributed by atoms with Gasteiger partial charge in [0.25, 0.3) is 0 Å². The Labute approximate surface area is 175 Å². The summed E-state index contributed by atoms with van der Waals surface area (Å²) in [6.07, 6.45) is 3.19. The lowest BCUT2D eigenvalue weighted by atomic mass is 9.82. The molecule has 0 amide bonds. The predicted molar refractivity (Wildman–Crippen MR) is 112 cm³/mol. The van der Waals surface area contributed by atoms with Crippen LogP contribution in [0.25, 0.3) is 0 Å². The fourth-order valence-corrected chi connectivity index (χ4v) is 4.63. The summed E-state index contributed by atoms with van der Waals surface area (Å²) >= 11 is 0. The lowest BCUT2D eigenvalue weighted by Crippen LogP contribution is -2.41. The topological polar surface area (TPSA) is 89.2 Å². The van der Waals surface area contributed by atoms with Crippen molar-refractivity contribution >= 4 is 35.6 Å². The van der Waals surface area contributed by atoms with Crippen molar-refractivity contribution in [1.82, 2.24) is 10.2 Å². The molecule has 9 heteroatoms. The minimum Gasteiger partial charge on any atom is -0.490 e. The van der Waals surface area contributed by atoms with Gasteiger partial charge in [-0.2, -0.15) is 0 Å². The van der Waals surface area contributed by atoms with E-state index in [1.165, 1.54) is 20.0 Å². The Kier molecular flexibility index (Phi) is 6.09. The molecule has 0 radical (unpaired) electrons. The van der Waals surface area contributed by atoms with Crippen LogP contribution in [-0.4, -0.2) is 55.2 Å². The number of nitro groups is 1. The molecule has 148 valence electrons. The van der Waals surface area contributed by atoms with Gasteiger partial charge in [-0.3, -0.25) is 15.1 Å². The van der Waals surface area contributed by atoms with Gasteiger partial charge in [0.2, 0.25) is 0 Å². The highest BCUT2D eigenvalue weighted by Gasteiger charge is 2.53. The van der Waals surface area contributed by atoms with E-state index in [9.17, 15) is 10.1 Å². The van der Waals surface area contributed by atoms with Crippen LogP contribution in [0.15, 0.2) is 23.2 Å². The monoisotopic (exact) mass is 488 g/mol. The minimum atomic E-state index is -0.422. The normalized spacial score (nSPS) is 28.7. The van der Waals surface area contributed by atoms with E-state index in [1.54, 1.807) is 19.2 Å². The number of methoxy groups -OCH3 is 1. The van der Waals surface area contributed by atoms with Crippen LogP contribution in [0.3, 0.4) is 0 Å². The Hall–Kier alpha value is -1.62. The molecule has 3 aliphatic rings. The van der Waals surface area contributed by atoms with Crippen molar-refractivity contribution < 1.29 is 14.4 Å². The second-order valence-corrected chi connectivity index (χ2v) is 7.19. The zero-order valence-electron chi connectivity index (χ0n) is 15.5. The summed E-state index contributed by atoms with van der Waals surface area (Å²) in [6.45, 7) is 2.41. The number of nitrogens with zero attached hydrogens (tertiary/aromatic N) is 3. The maximum absolute atomic E-state index is 11.2. The summed E-state index contributed by atoms with van der Waals surface area (Å²) in [5, 5.41) is 14.5. The molecule has 1 aromatic rings. The number of guanidine groups is 1. The van der Waals surface area contributed by atoms with Crippen molar-refractivity contribution in [3.8, 4) is 5.75 Å². The highest BCUT2D eigenvalue weighted by atomic mass is 127. The summed E-state index contributed by atoms with van der Waals surface area (Å²) in [5.74, 6) is 2.33. The molecule has 4 unspecified atom stereocenters. The van der Waals surface area contributed by atoms with Crippen LogP contribution in [0.2, 0.25) is 0 Å². The maximum Gasteiger partial charge on any atom is 0.311 e. The molecule has 4 atom stereocenters. The van der Waals surface area contributed by atoms with Gasteiger partial charge in [-0.25, -0.2) is 0 Å².